The van der Waals surface area contributed by atoms with E-state index in [0.717, 1.165) is 32.2 Å². The Kier molecular flexibility index (Phi) is 19.0. The number of quaternary nitrogens is 1. The Morgan fingerprint density at radius 3 is 2.44 bits per heavy atom. The van der Waals surface area contributed by atoms with Crippen molar-refractivity contribution < 1.29 is 57.9 Å². The third-order valence-electron chi connectivity index (χ3n) is 12.2. The zero-order valence-corrected chi connectivity index (χ0v) is 37.3. The molecule has 3 aliphatic heterocycles. The predicted octanol–water partition coefficient (Wildman–Crippen LogP) is 4.86. The van der Waals surface area contributed by atoms with Crippen molar-refractivity contribution in [1.82, 2.24) is 9.80 Å². The van der Waals surface area contributed by atoms with Crippen LogP contribution in [-0.2, 0) is 33.3 Å². The zero-order valence-electron chi connectivity index (χ0n) is 37.3. The van der Waals surface area contributed by atoms with E-state index in [-0.39, 0.29) is 48.7 Å². The lowest BCUT2D eigenvalue weighted by Crippen LogP contribution is -2.49. The number of imide groups is 1. The normalized spacial score (nSPS) is 29.7. The Labute approximate surface area is 352 Å². The first-order chi connectivity index (χ1) is 27.6. The highest BCUT2D eigenvalue weighted by molar-refractivity contribution is 6.12. The summed E-state index contributed by atoms with van der Waals surface area (Å²) in [6, 6.07) is 0. The Bertz CT molecular complexity index is 1520. The van der Waals surface area contributed by atoms with Crippen molar-refractivity contribution in [1.29, 1.82) is 0 Å². The van der Waals surface area contributed by atoms with Gasteiger partial charge in [-0.25, -0.2) is 4.79 Å². The highest BCUT2D eigenvalue weighted by Crippen LogP contribution is 2.38. The fraction of sp³-hybridized carbons (Fsp3) is 0.733. The number of ether oxygens (including phenoxy) is 4. The first kappa shape index (κ1) is 50.0. The second kappa shape index (κ2) is 22.4. The lowest BCUT2D eigenvalue weighted by atomic mass is 9.88. The van der Waals surface area contributed by atoms with Crippen molar-refractivity contribution in [2.24, 2.45) is 11.8 Å². The van der Waals surface area contributed by atoms with E-state index in [1.807, 2.05) is 40.7 Å². The molecule has 10 atom stereocenters. The molecule has 0 radical (unpaired) electrons. The monoisotopic (exact) mass is 833 g/mol. The standard InChI is InChI=1S/C45H74N3O11/c1-11-35(50)33(4)42-36(57-42)30-44(5,55)23-16-17-31(2)41-32(3)18-19-37(45(6,56-10)24-22-34(49)29-40(53)59-41)58-43(54)46(7)26-28-48(8,9)27-15-13-12-14-25-47-38(51)20-21-39(47)52/h16-21,23,32-37,41-42,49-50,55H,11-15,22,24-30H2,1-10H3/q+1/b19-18+,23-16+,31-17+/t32-,33+,34+,35-,36+,37-,41+,42+,44-,45+/m0/s1. The van der Waals surface area contributed by atoms with Crippen LogP contribution in [0.3, 0.4) is 0 Å². The molecule has 3 N–H and O–H groups in total. The van der Waals surface area contributed by atoms with Gasteiger partial charge in [0.25, 0.3) is 11.8 Å². The van der Waals surface area contributed by atoms with Crippen LogP contribution in [0.15, 0.2) is 48.1 Å². The number of epoxide rings is 1. The van der Waals surface area contributed by atoms with Gasteiger partial charge in [0.05, 0.1) is 70.2 Å². The summed E-state index contributed by atoms with van der Waals surface area (Å²) in [5.41, 5.74) is -1.47. The molecule has 3 aliphatic rings. The van der Waals surface area contributed by atoms with Crippen LogP contribution in [-0.4, -0.2) is 156 Å². The average Bonchev–Trinajstić information content (AvgIpc) is 3.86. The smallest absolute Gasteiger partial charge is 0.410 e. The number of unbranched alkanes of at least 4 members (excludes halogenated alkanes) is 3. The number of likely N-dealkylation sites (N-methyl/N-ethyl adjacent to an activating group) is 2. The predicted molar refractivity (Wildman–Crippen MR) is 225 cm³/mol. The van der Waals surface area contributed by atoms with Gasteiger partial charge in [-0.2, -0.15) is 0 Å². The van der Waals surface area contributed by atoms with E-state index in [2.05, 4.69) is 14.1 Å². The van der Waals surface area contributed by atoms with Crippen LogP contribution in [0.25, 0.3) is 0 Å². The molecule has 14 heteroatoms. The number of esters is 1. The van der Waals surface area contributed by atoms with Crippen LogP contribution in [0.2, 0.25) is 0 Å². The van der Waals surface area contributed by atoms with Crippen molar-refractivity contribution in [2.45, 2.75) is 147 Å². The molecule has 59 heavy (non-hydrogen) atoms. The first-order valence-electron chi connectivity index (χ1n) is 21.4. The molecule has 0 aromatic rings. The Morgan fingerprint density at radius 2 is 1.80 bits per heavy atom. The maximum atomic E-state index is 13.6. The molecule has 0 bridgehead atoms. The van der Waals surface area contributed by atoms with Gasteiger partial charge in [0.2, 0.25) is 0 Å². The second-order valence-electron chi connectivity index (χ2n) is 18.1. The van der Waals surface area contributed by atoms with Crippen molar-refractivity contribution in [3.05, 3.63) is 48.1 Å². The summed E-state index contributed by atoms with van der Waals surface area (Å²) in [5, 5.41) is 32.2. The number of carbonyl (C=O) groups is 4. The van der Waals surface area contributed by atoms with Gasteiger partial charge < -0.3 is 43.6 Å². The van der Waals surface area contributed by atoms with Gasteiger partial charge in [-0.3, -0.25) is 19.3 Å². The van der Waals surface area contributed by atoms with Gasteiger partial charge in [0.1, 0.15) is 11.7 Å². The summed E-state index contributed by atoms with van der Waals surface area (Å²) in [4.78, 5) is 53.0. The Morgan fingerprint density at radius 1 is 1.14 bits per heavy atom. The lowest BCUT2D eigenvalue weighted by molar-refractivity contribution is -0.889. The summed E-state index contributed by atoms with van der Waals surface area (Å²) in [5.74, 6) is -1.42. The number of nitrogens with zero attached hydrogens (tertiary/aromatic N) is 3. The van der Waals surface area contributed by atoms with Crippen molar-refractivity contribution in [3.63, 3.8) is 0 Å². The molecule has 1 saturated heterocycles. The SMILES string of the molecule is CC[C@H](O)[C@@H](C)[C@H]1O[C@@H]1C[C@@](C)(O)/C=C/C=C(\C)[C@H]1OC(=O)C[C@H](O)CC[C@@](C)(OC)[C@@H](OC(=O)N(C)CC[N+](C)(C)CCCCCCN2C(=O)C=CC2=O)/C=C/[C@@H]1C. The summed E-state index contributed by atoms with van der Waals surface area (Å²) in [6.45, 7) is 13.6. The van der Waals surface area contributed by atoms with Gasteiger partial charge in [0, 0.05) is 51.1 Å². The Balaban J connectivity index is 1.63. The van der Waals surface area contributed by atoms with Crippen LogP contribution in [0.4, 0.5) is 4.79 Å². The number of methoxy groups -OCH3 is 1. The number of amides is 3. The molecule has 3 heterocycles. The molecule has 0 aromatic carbocycles. The quantitative estimate of drug-likeness (QED) is 0.0291. The maximum Gasteiger partial charge on any atom is 0.410 e. The molecule has 3 rings (SSSR count). The van der Waals surface area contributed by atoms with E-state index in [4.69, 9.17) is 18.9 Å². The fourth-order valence-corrected chi connectivity index (χ4v) is 7.65. The third kappa shape index (κ3) is 15.9. The molecule has 0 saturated carbocycles. The van der Waals surface area contributed by atoms with Gasteiger partial charge in [-0.15, -0.1) is 0 Å². The van der Waals surface area contributed by atoms with E-state index in [9.17, 15) is 34.5 Å². The minimum atomic E-state index is -1.17. The van der Waals surface area contributed by atoms with Crippen LogP contribution in [0, 0.1) is 11.8 Å². The van der Waals surface area contributed by atoms with Crippen LogP contribution in [0.1, 0.15) is 99.3 Å². The van der Waals surface area contributed by atoms with Crippen molar-refractivity contribution in [3.8, 4) is 0 Å². The van der Waals surface area contributed by atoms with Crippen molar-refractivity contribution >= 4 is 23.9 Å². The molecular weight excluding hydrogens is 759 g/mol. The fourth-order valence-electron chi connectivity index (χ4n) is 7.65. The first-order valence-corrected chi connectivity index (χ1v) is 21.4. The minimum absolute atomic E-state index is 0.0224. The number of carbonyl (C=O) groups excluding carboxylic acids is 4. The number of aliphatic hydroxyl groups excluding tert-OH is 2. The van der Waals surface area contributed by atoms with E-state index < -0.39 is 47.7 Å². The van der Waals surface area contributed by atoms with E-state index in [1.54, 1.807) is 50.3 Å². The van der Waals surface area contributed by atoms with Crippen LogP contribution in [0.5, 0.6) is 0 Å². The van der Waals surface area contributed by atoms with Gasteiger partial charge in [-0.05, 0) is 70.9 Å². The molecule has 0 unspecified atom stereocenters. The van der Waals surface area contributed by atoms with Gasteiger partial charge in [-0.1, -0.05) is 51.5 Å². The lowest BCUT2D eigenvalue weighted by Gasteiger charge is -2.37. The highest BCUT2D eigenvalue weighted by Gasteiger charge is 2.47. The molecule has 0 aromatic heterocycles. The second-order valence-corrected chi connectivity index (χ2v) is 18.1. The Hall–Kier alpha value is -3.40. The third-order valence-corrected chi connectivity index (χ3v) is 12.2. The zero-order chi connectivity index (χ0) is 44.1. The maximum absolute atomic E-state index is 13.6. The summed E-state index contributed by atoms with van der Waals surface area (Å²) < 4.78 is 24.5. The van der Waals surface area contributed by atoms with E-state index in [1.165, 1.54) is 17.1 Å². The molecule has 334 valence electrons. The summed E-state index contributed by atoms with van der Waals surface area (Å²) in [6.07, 6.45) is 12.6. The van der Waals surface area contributed by atoms with E-state index in [0.29, 0.717) is 49.0 Å². The number of hydrogen-bond donors (Lipinski definition) is 3. The molecule has 1 fully saturated rings. The average molecular weight is 833 g/mol. The van der Waals surface area contributed by atoms with Gasteiger partial charge in [0.15, 0.2) is 6.10 Å². The molecule has 14 nitrogen and oxygen atoms in total. The van der Waals surface area contributed by atoms with E-state index >= 15 is 0 Å². The highest BCUT2D eigenvalue weighted by atomic mass is 16.6. The largest absolute Gasteiger partial charge is 0.457 e. The number of hydrogen-bond acceptors (Lipinski definition) is 11. The van der Waals surface area contributed by atoms with Crippen molar-refractivity contribution in [2.75, 3.05) is 54.4 Å². The number of rotatable bonds is 20. The molecule has 0 spiro atoms. The molecular formula is C45H74N3O11+. The number of aliphatic hydroxyl groups is 3. The number of cyclic esters (lactones) is 1. The minimum Gasteiger partial charge on any atom is -0.457 e. The number of allylic oxidation sites excluding steroid dienone is 2. The van der Waals surface area contributed by atoms with Crippen LogP contribution >= 0.6 is 0 Å². The van der Waals surface area contributed by atoms with Gasteiger partial charge >= 0.3 is 12.1 Å². The summed E-state index contributed by atoms with van der Waals surface area (Å²) >= 11 is 0. The topological polar surface area (TPSA) is 176 Å². The molecule has 3 amide bonds. The van der Waals surface area contributed by atoms with Crippen LogP contribution < -0.4 is 0 Å². The summed E-state index contributed by atoms with van der Waals surface area (Å²) in [7, 11) is 7.48. The molecule has 0 aliphatic carbocycles.